The summed E-state index contributed by atoms with van der Waals surface area (Å²) in [7, 11) is 1.58. The van der Waals surface area contributed by atoms with Gasteiger partial charge in [-0.05, 0) is 18.2 Å². The van der Waals surface area contributed by atoms with Crippen LogP contribution in [0.15, 0.2) is 22.7 Å². The van der Waals surface area contributed by atoms with Crippen LogP contribution in [0.25, 0.3) is 0 Å². The molecule has 0 aromatic heterocycles. The molecule has 0 aliphatic carbocycles. The summed E-state index contributed by atoms with van der Waals surface area (Å²) in [6.07, 6.45) is 0. The van der Waals surface area contributed by atoms with Crippen LogP contribution in [-0.2, 0) is 16.1 Å². The molecule has 2 amide bonds. The molecule has 1 rings (SSSR count). The van der Waals surface area contributed by atoms with E-state index in [1.807, 2.05) is 0 Å². The second-order valence-corrected chi connectivity index (χ2v) is 6.83. The van der Waals surface area contributed by atoms with Crippen molar-refractivity contribution in [3.63, 3.8) is 0 Å². The van der Waals surface area contributed by atoms with Gasteiger partial charge in [-0.25, -0.2) is 4.39 Å². The first-order valence-electron chi connectivity index (χ1n) is 6.57. The van der Waals surface area contributed by atoms with E-state index in [1.165, 1.54) is 11.0 Å². The van der Waals surface area contributed by atoms with Gasteiger partial charge in [-0.1, -0.05) is 36.7 Å². The van der Waals surface area contributed by atoms with E-state index in [-0.39, 0.29) is 30.7 Å². The van der Waals surface area contributed by atoms with Gasteiger partial charge in [0.2, 0.25) is 11.8 Å². The van der Waals surface area contributed by atoms with Crippen LogP contribution in [0, 0.1) is 11.2 Å². The van der Waals surface area contributed by atoms with Gasteiger partial charge in [0.1, 0.15) is 5.82 Å². The van der Waals surface area contributed by atoms with Gasteiger partial charge in [0, 0.05) is 29.0 Å². The molecule has 0 saturated heterocycles. The van der Waals surface area contributed by atoms with E-state index in [0.29, 0.717) is 5.56 Å². The predicted octanol–water partition coefficient (Wildman–Crippen LogP) is 2.71. The minimum absolute atomic E-state index is 0.0950. The van der Waals surface area contributed by atoms with Gasteiger partial charge in [0.25, 0.3) is 0 Å². The minimum Gasteiger partial charge on any atom is -0.347 e. The summed E-state index contributed by atoms with van der Waals surface area (Å²) in [6, 6.07) is 4.58. The van der Waals surface area contributed by atoms with Gasteiger partial charge < -0.3 is 10.2 Å². The summed E-state index contributed by atoms with van der Waals surface area (Å²) in [5.41, 5.74) is -0.128. The number of nitrogens with one attached hydrogen (secondary N) is 1. The van der Waals surface area contributed by atoms with Crippen molar-refractivity contribution in [2.24, 2.45) is 5.41 Å². The standard InChI is InChI=1S/C15H20BrFN2O2/c1-15(2,3)14(21)18-8-13(20)19(4)9-10-7-11(16)5-6-12(10)17/h5-7H,8-9H2,1-4H3,(H,18,21). The maximum Gasteiger partial charge on any atom is 0.242 e. The van der Waals surface area contributed by atoms with Gasteiger partial charge in [-0.2, -0.15) is 0 Å². The number of rotatable bonds is 4. The molecule has 0 heterocycles. The molecule has 0 spiro atoms. The molecule has 1 aromatic rings. The average molecular weight is 359 g/mol. The average Bonchev–Trinajstić information content (AvgIpc) is 2.38. The monoisotopic (exact) mass is 358 g/mol. The molecule has 0 fully saturated rings. The summed E-state index contributed by atoms with van der Waals surface area (Å²) in [4.78, 5) is 25.0. The van der Waals surface area contributed by atoms with Gasteiger partial charge in [0.05, 0.1) is 6.54 Å². The quantitative estimate of drug-likeness (QED) is 0.899. The number of hydrogen-bond donors (Lipinski definition) is 1. The molecule has 0 aliphatic rings. The van der Waals surface area contributed by atoms with Crippen LogP contribution >= 0.6 is 15.9 Å². The summed E-state index contributed by atoms with van der Waals surface area (Å²) < 4.78 is 14.4. The Labute approximate surface area is 132 Å². The van der Waals surface area contributed by atoms with Crippen LogP contribution in [-0.4, -0.2) is 30.3 Å². The molecule has 0 saturated carbocycles. The van der Waals surface area contributed by atoms with Crippen molar-refractivity contribution in [2.75, 3.05) is 13.6 Å². The number of halogens is 2. The molecule has 21 heavy (non-hydrogen) atoms. The smallest absolute Gasteiger partial charge is 0.242 e. The molecule has 4 nitrogen and oxygen atoms in total. The number of amides is 2. The first kappa shape index (κ1) is 17.6. The highest BCUT2D eigenvalue weighted by atomic mass is 79.9. The highest BCUT2D eigenvalue weighted by molar-refractivity contribution is 9.10. The summed E-state index contributed by atoms with van der Waals surface area (Å²) in [5, 5.41) is 2.58. The zero-order chi connectivity index (χ0) is 16.2. The van der Waals surface area contributed by atoms with Crippen LogP contribution in [0.2, 0.25) is 0 Å². The van der Waals surface area contributed by atoms with Crippen molar-refractivity contribution in [3.05, 3.63) is 34.1 Å². The van der Waals surface area contributed by atoms with Crippen LogP contribution in [0.3, 0.4) is 0 Å². The number of benzene rings is 1. The van der Waals surface area contributed by atoms with Crippen molar-refractivity contribution < 1.29 is 14.0 Å². The van der Waals surface area contributed by atoms with Crippen LogP contribution in [0.5, 0.6) is 0 Å². The van der Waals surface area contributed by atoms with E-state index in [2.05, 4.69) is 21.2 Å². The Morgan fingerprint density at radius 3 is 2.52 bits per heavy atom. The van der Waals surface area contributed by atoms with Crippen molar-refractivity contribution in [3.8, 4) is 0 Å². The van der Waals surface area contributed by atoms with Crippen LogP contribution < -0.4 is 5.32 Å². The maximum atomic E-state index is 13.6. The largest absolute Gasteiger partial charge is 0.347 e. The van der Waals surface area contributed by atoms with Crippen LogP contribution in [0.4, 0.5) is 4.39 Å². The fourth-order valence-corrected chi connectivity index (χ4v) is 1.97. The third-order valence-electron chi connectivity index (χ3n) is 2.92. The number of likely N-dealkylation sites (N-methyl/N-ethyl adjacent to an activating group) is 1. The lowest BCUT2D eigenvalue weighted by atomic mass is 9.96. The fraction of sp³-hybridized carbons (Fsp3) is 0.467. The molecule has 1 aromatic carbocycles. The van der Waals surface area contributed by atoms with Gasteiger partial charge in [0.15, 0.2) is 0 Å². The molecule has 0 aliphatic heterocycles. The third-order valence-corrected chi connectivity index (χ3v) is 3.42. The molecule has 116 valence electrons. The second-order valence-electron chi connectivity index (χ2n) is 5.92. The Morgan fingerprint density at radius 2 is 1.95 bits per heavy atom. The Morgan fingerprint density at radius 1 is 1.33 bits per heavy atom. The van der Waals surface area contributed by atoms with E-state index in [9.17, 15) is 14.0 Å². The van der Waals surface area contributed by atoms with E-state index in [0.717, 1.165) is 4.47 Å². The first-order valence-corrected chi connectivity index (χ1v) is 7.36. The molecule has 0 atom stereocenters. The summed E-state index contributed by atoms with van der Waals surface area (Å²) in [5.74, 6) is -0.832. The lowest BCUT2D eigenvalue weighted by molar-refractivity contribution is -0.134. The van der Waals surface area contributed by atoms with Gasteiger partial charge in [-0.15, -0.1) is 0 Å². The first-order chi connectivity index (χ1) is 9.61. The van der Waals surface area contributed by atoms with E-state index in [4.69, 9.17) is 0 Å². The lowest BCUT2D eigenvalue weighted by Gasteiger charge is -2.21. The molecule has 0 radical (unpaired) electrons. The van der Waals surface area contributed by atoms with Crippen molar-refractivity contribution in [1.29, 1.82) is 0 Å². The zero-order valence-corrected chi connectivity index (χ0v) is 14.3. The van der Waals surface area contributed by atoms with E-state index >= 15 is 0 Å². The molecular formula is C15H20BrFN2O2. The minimum atomic E-state index is -0.546. The van der Waals surface area contributed by atoms with Crippen molar-refractivity contribution in [2.45, 2.75) is 27.3 Å². The number of carbonyl (C=O) groups is 2. The summed E-state index contributed by atoms with van der Waals surface area (Å²) in [6.45, 7) is 5.37. The Bertz CT molecular complexity index is 541. The molecular weight excluding hydrogens is 339 g/mol. The number of carbonyl (C=O) groups excluding carboxylic acids is 2. The SMILES string of the molecule is CN(Cc1cc(Br)ccc1F)C(=O)CNC(=O)C(C)(C)C. The Hall–Kier alpha value is -1.43. The van der Waals surface area contributed by atoms with Crippen LogP contribution in [0.1, 0.15) is 26.3 Å². The lowest BCUT2D eigenvalue weighted by Crippen LogP contribution is -2.42. The molecule has 6 heteroatoms. The van der Waals surface area contributed by atoms with Crippen molar-refractivity contribution >= 4 is 27.7 Å². The van der Waals surface area contributed by atoms with E-state index in [1.54, 1.807) is 40.0 Å². The number of nitrogens with zero attached hydrogens (tertiary/aromatic N) is 1. The Kier molecular flexibility index (Phi) is 5.89. The fourth-order valence-electron chi connectivity index (χ4n) is 1.56. The Balaban J connectivity index is 2.59. The maximum absolute atomic E-state index is 13.6. The normalized spacial score (nSPS) is 11.1. The van der Waals surface area contributed by atoms with Crippen molar-refractivity contribution in [1.82, 2.24) is 10.2 Å². The molecule has 0 unspecified atom stereocenters. The third kappa shape index (κ3) is 5.46. The molecule has 1 N–H and O–H groups in total. The second kappa shape index (κ2) is 7.02. The number of hydrogen-bond acceptors (Lipinski definition) is 2. The zero-order valence-electron chi connectivity index (χ0n) is 12.7. The topological polar surface area (TPSA) is 49.4 Å². The van der Waals surface area contributed by atoms with Gasteiger partial charge >= 0.3 is 0 Å². The highest BCUT2D eigenvalue weighted by Crippen LogP contribution is 2.17. The van der Waals surface area contributed by atoms with E-state index < -0.39 is 5.41 Å². The molecule has 0 bridgehead atoms. The predicted molar refractivity (Wildman–Crippen MR) is 83.0 cm³/mol. The summed E-state index contributed by atoms with van der Waals surface area (Å²) >= 11 is 3.27. The van der Waals surface area contributed by atoms with Gasteiger partial charge in [-0.3, -0.25) is 9.59 Å². The highest BCUT2D eigenvalue weighted by Gasteiger charge is 2.22.